The van der Waals surface area contributed by atoms with Crippen LogP contribution >= 0.6 is 11.8 Å². The molecule has 2 heterocycles. The van der Waals surface area contributed by atoms with Crippen molar-refractivity contribution in [1.82, 2.24) is 19.1 Å². The van der Waals surface area contributed by atoms with E-state index in [2.05, 4.69) is 9.97 Å². The van der Waals surface area contributed by atoms with E-state index in [-0.39, 0.29) is 5.56 Å². The van der Waals surface area contributed by atoms with Gasteiger partial charge in [0.15, 0.2) is 11.5 Å². The average molecular weight is 342 g/mol. The molecule has 1 aromatic carbocycles. The molecule has 3 rings (SSSR count). The Labute approximate surface area is 143 Å². The van der Waals surface area contributed by atoms with Gasteiger partial charge in [0, 0.05) is 19.7 Å². The van der Waals surface area contributed by atoms with Crippen molar-refractivity contribution in [2.75, 3.05) is 5.75 Å². The summed E-state index contributed by atoms with van der Waals surface area (Å²) in [5.74, 6) is 1.28. The third-order valence-electron chi connectivity index (χ3n) is 3.86. The molecule has 0 amide bonds. The fourth-order valence-corrected chi connectivity index (χ4v) is 3.25. The lowest BCUT2D eigenvalue weighted by molar-refractivity contribution is 0.703. The fraction of sp³-hybridized carbons (Fsp3) is 0.294. The van der Waals surface area contributed by atoms with Gasteiger partial charge in [-0.05, 0) is 12.7 Å². The van der Waals surface area contributed by atoms with Crippen molar-refractivity contribution in [3.8, 4) is 11.4 Å². The quantitative estimate of drug-likeness (QED) is 0.539. The van der Waals surface area contributed by atoms with E-state index in [0.717, 1.165) is 21.4 Å². The molecule has 6 nitrogen and oxygen atoms in total. The van der Waals surface area contributed by atoms with Gasteiger partial charge in [-0.1, -0.05) is 36.8 Å². The number of fused-ring (bicyclic) bond motifs is 1. The summed E-state index contributed by atoms with van der Waals surface area (Å²) in [6, 6.07) is 7.85. The molecule has 0 spiro atoms. The Morgan fingerprint density at radius 1 is 1.04 bits per heavy atom. The van der Waals surface area contributed by atoms with Crippen LogP contribution in [0.1, 0.15) is 12.5 Å². The number of aromatic nitrogens is 4. The van der Waals surface area contributed by atoms with Crippen LogP contribution in [0.15, 0.2) is 38.9 Å². The average Bonchev–Trinajstić information content (AvgIpc) is 2.58. The van der Waals surface area contributed by atoms with Crippen LogP contribution in [0.2, 0.25) is 0 Å². The van der Waals surface area contributed by atoms with Gasteiger partial charge in [0.1, 0.15) is 10.4 Å². The second kappa shape index (κ2) is 6.24. The molecule has 0 aliphatic heterocycles. The first-order valence-corrected chi connectivity index (χ1v) is 8.60. The zero-order chi connectivity index (χ0) is 17.4. The van der Waals surface area contributed by atoms with E-state index < -0.39 is 5.69 Å². The van der Waals surface area contributed by atoms with E-state index >= 15 is 0 Å². The van der Waals surface area contributed by atoms with Crippen molar-refractivity contribution in [2.45, 2.75) is 18.9 Å². The molecule has 0 bridgehead atoms. The Kier molecular flexibility index (Phi) is 4.28. The summed E-state index contributed by atoms with van der Waals surface area (Å²) in [5.41, 5.74) is 1.61. The van der Waals surface area contributed by atoms with Gasteiger partial charge in [0.2, 0.25) is 0 Å². The molecule has 0 N–H and O–H groups in total. The first kappa shape index (κ1) is 16.4. The lowest BCUT2D eigenvalue weighted by Crippen LogP contribution is -2.37. The summed E-state index contributed by atoms with van der Waals surface area (Å²) in [5, 5.41) is 0.997. The Balaban J connectivity index is 2.41. The second-order valence-electron chi connectivity index (χ2n) is 5.56. The summed E-state index contributed by atoms with van der Waals surface area (Å²) in [6.07, 6.45) is 0. The Morgan fingerprint density at radius 3 is 2.33 bits per heavy atom. The standard InChI is InChI=1S/C17H18N4O2S/c1-5-24-15-12-14(20(3)17(23)21(4)16(12)22)18-13(19-15)11-8-6-10(2)7-9-11/h6-9H,5H2,1-4H3. The van der Waals surface area contributed by atoms with E-state index in [1.165, 1.54) is 23.4 Å². The normalized spacial score (nSPS) is 11.2. The molecule has 0 aliphatic carbocycles. The highest BCUT2D eigenvalue weighted by Crippen LogP contribution is 2.25. The summed E-state index contributed by atoms with van der Waals surface area (Å²) in [4.78, 5) is 33.9. The van der Waals surface area contributed by atoms with Crippen molar-refractivity contribution < 1.29 is 0 Å². The highest BCUT2D eigenvalue weighted by atomic mass is 32.2. The zero-order valence-corrected chi connectivity index (χ0v) is 14.8. The van der Waals surface area contributed by atoms with E-state index in [1.54, 1.807) is 7.05 Å². The van der Waals surface area contributed by atoms with Crippen molar-refractivity contribution in [1.29, 1.82) is 0 Å². The molecular weight excluding hydrogens is 324 g/mol. The predicted octanol–water partition coefficient (Wildman–Crippen LogP) is 2.11. The first-order chi connectivity index (χ1) is 11.4. The highest BCUT2D eigenvalue weighted by molar-refractivity contribution is 7.99. The lowest BCUT2D eigenvalue weighted by atomic mass is 10.1. The molecule has 2 aromatic heterocycles. The van der Waals surface area contributed by atoms with Crippen molar-refractivity contribution >= 4 is 22.8 Å². The van der Waals surface area contributed by atoms with Gasteiger partial charge in [-0.2, -0.15) is 0 Å². The van der Waals surface area contributed by atoms with Crippen LogP contribution in [-0.4, -0.2) is 24.9 Å². The molecule has 7 heteroatoms. The maximum Gasteiger partial charge on any atom is 0.332 e. The molecule has 0 fully saturated rings. The van der Waals surface area contributed by atoms with Gasteiger partial charge < -0.3 is 0 Å². The van der Waals surface area contributed by atoms with Gasteiger partial charge in [0.05, 0.1) is 0 Å². The molecule has 3 aromatic rings. The maximum absolute atomic E-state index is 12.5. The SMILES string of the molecule is CCSc1nc(-c2ccc(C)cc2)nc2c1c(=O)n(C)c(=O)n2C. The number of benzene rings is 1. The van der Waals surface area contributed by atoms with Gasteiger partial charge in [-0.15, -0.1) is 11.8 Å². The Bertz CT molecular complexity index is 1040. The molecule has 0 saturated carbocycles. The molecule has 124 valence electrons. The second-order valence-corrected chi connectivity index (χ2v) is 6.81. The van der Waals surface area contributed by atoms with E-state index in [4.69, 9.17) is 0 Å². The van der Waals surface area contributed by atoms with Gasteiger partial charge in [0.25, 0.3) is 5.56 Å². The minimum atomic E-state index is -0.395. The van der Waals surface area contributed by atoms with E-state index in [1.807, 2.05) is 38.1 Å². The molecular formula is C17H18N4O2S. The summed E-state index contributed by atoms with van der Waals surface area (Å²) >= 11 is 1.47. The van der Waals surface area contributed by atoms with Crippen LogP contribution in [0.25, 0.3) is 22.4 Å². The number of nitrogens with zero attached hydrogens (tertiary/aromatic N) is 4. The molecule has 0 aliphatic rings. The maximum atomic E-state index is 12.5. The van der Waals surface area contributed by atoms with Crippen LogP contribution in [0.4, 0.5) is 0 Å². The molecule has 0 saturated heterocycles. The van der Waals surface area contributed by atoms with Crippen LogP contribution < -0.4 is 11.2 Å². The largest absolute Gasteiger partial charge is 0.332 e. The third-order valence-corrected chi connectivity index (χ3v) is 4.72. The number of thioether (sulfide) groups is 1. The zero-order valence-electron chi connectivity index (χ0n) is 14.0. The smallest absolute Gasteiger partial charge is 0.280 e. The summed E-state index contributed by atoms with van der Waals surface area (Å²) in [7, 11) is 3.09. The third kappa shape index (κ3) is 2.65. The van der Waals surface area contributed by atoms with Crippen LogP contribution in [0.3, 0.4) is 0 Å². The Morgan fingerprint density at radius 2 is 1.71 bits per heavy atom. The van der Waals surface area contributed by atoms with Crippen molar-refractivity contribution in [3.63, 3.8) is 0 Å². The topological polar surface area (TPSA) is 69.8 Å². The van der Waals surface area contributed by atoms with E-state index in [9.17, 15) is 9.59 Å². The Hall–Kier alpha value is -2.41. The minimum absolute atomic E-state index is 0.362. The van der Waals surface area contributed by atoms with Crippen molar-refractivity contribution in [2.24, 2.45) is 14.1 Å². The number of hydrogen-bond acceptors (Lipinski definition) is 5. The van der Waals surface area contributed by atoms with Gasteiger partial charge in [-0.25, -0.2) is 14.8 Å². The van der Waals surface area contributed by atoms with Crippen LogP contribution in [0, 0.1) is 6.92 Å². The van der Waals surface area contributed by atoms with Crippen LogP contribution in [0.5, 0.6) is 0 Å². The van der Waals surface area contributed by atoms with Gasteiger partial charge in [-0.3, -0.25) is 13.9 Å². The minimum Gasteiger partial charge on any atom is -0.280 e. The van der Waals surface area contributed by atoms with Crippen molar-refractivity contribution in [3.05, 3.63) is 50.7 Å². The summed E-state index contributed by atoms with van der Waals surface area (Å²) in [6.45, 7) is 4.01. The number of hydrogen-bond donors (Lipinski definition) is 0. The molecule has 24 heavy (non-hydrogen) atoms. The van der Waals surface area contributed by atoms with Gasteiger partial charge >= 0.3 is 5.69 Å². The predicted molar refractivity (Wildman–Crippen MR) is 96.6 cm³/mol. The first-order valence-electron chi connectivity index (χ1n) is 7.61. The summed E-state index contributed by atoms with van der Waals surface area (Å²) < 4.78 is 2.49. The fourth-order valence-electron chi connectivity index (χ4n) is 2.50. The highest BCUT2D eigenvalue weighted by Gasteiger charge is 2.17. The number of aryl methyl sites for hydroxylation is 2. The lowest BCUT2D eigenvalue weighted by Gasteiger charge is -2.11. The monoisotopic (exact) mass is 342 g/mol. The molecule has 0 unspecified atom stereocenters. The molecule has 0 atom stereocenters. The molecule has 0 radical (unpaired) electrons. The van der Waals surface area contributed by atoms with Crippen LogP contribution in [-0.2, 0) is 14.1 Å². The number of rotatable bonds is 3. The van der Waals surface area contributed by atoms with E-state index in [0.29, 0.717) is 21.9 Å².